The molecule has 0 aromatic rings. The van der Waals surface area contributed by atoms with Gasteiger partial charge in [0.1, 0.15) is 12.9 Å². The van der Waals surface area contributed by atoms with Gasteiger partial charge in [-0.05, 0) is 13.8 Å². The van der Waals surface area contributed by atoms with Crippen molar-refractivity contribution < 1.29 is 14.4 Å². The highest BCUT2D eigenvalue weighted by atomic mass is 16.6. The summed E-state index contributed by atoms with van der Waals surface area (Å²) in [6.45, 7) is 3.57. The molecule has 1 heterocycles. The quantitative estimate of drug-likeness (QED) is 0.477. The van der Waals surface area contributed by atoms with Crippen LogP contribution >= 0.6 is 0 Å². The number of carbonyl (C=O) groups is 1. The topological polar surface area (TPSA) is 47.9 Å². The Kier molecular flexibility index (Phi) is 2.84. The van der Waals surface area contributed by atoms with Crippen LogP contribution in [0.5, 0.6) is 0 Å². The van der Waals surface area contributed by atoms with Gasteiger partial charge in [0.2, 0.25) is 0 Å². The lowest BCUT2D eigenvalue weighted by molar-refractivity contribution is -0.130. The van der Waals surface area contributed by atoms with Gasteiger partial charge in [0.05, 0.1) is 0 Å². The molecule has 0 radical (unpaired) electrons. The fourth-order valence-electron chi connectivity index (χ4n) is 1.06. The molecule has 0 spiro atoms. The molecule has 1 aliphatic rings. The van der Waals surface area contributed by atoms with Gasteiger partial charge in [0.15, 0.2) is 5.71 Å². The van der Waals surface area contributed by atoms with Gasteiger partial charge in [-0.1, -0.05) is 17.3 Å². The lowest BCUT2D eigenvalue weighted by Gasteiger charge is -1.92. The molecule has 0 aliphatic carbocycles. The molecule has 1 aliphatic heterocycles. The minimum absolute atomic E-state index is 0.220. The van der Waals surface area contributed by atoms with Crippen LogP contribution in [0, 0.1) is 0 Å². The SMILES string of the molecule is C/C=C\C1=C(C)OC(=O)/C1=N/OC. The molecule has 1 rings (SSSR count). The number of carbonyl (C=O) groups excluding carboxylic acids is 1. The van der Waals surface area contributed by atoms with E-state index in [9.17, 15) is 4.79 Å². The molecule has 0 saturated heterocycles. The minimum Gasteiger partial charge on any atom is -0.426 e. The number of cyclic esters (lactones) is 1. The van der Waals surface area contributed by atoms with Gasteiger partial charge in [0, 0.05) is 5.57 Å². The van der Waals surface area contributed by atoms with Gasteiger partial charge < -0.3 is 9.57 Å². The molecule has 0 bridgehead atoms. The Morgan fingerprint density at radius 1 is 1.54 bits per heavy atom. The zero-order valence-corrected chi connectivity index (χ0v) is 7.83. The van der Waals surface area contributed by atoms with E-state index in [0.29, 0.717) is 11.3 Å². The fraction of sp³-hybridized carbons (Fsp3) is 0.333. The maximum atomic E-state index is 11.2. The van der Waals surface area contributed by atoms with E-state index in [1.807, 2.05) is 13.0 Å². The van der Waals surface area contributed by atoms with E-state index < -0.39 is 5.97 Å². The third-order valence-corrected chi connectivity index (χ3v) is 1.59. The van der Waals surface area contributed by atoms with Crippen molar-refractivity contribution in [3.63, 3.8) is 0 Å². The van der Waals surface area contributed by atoms with Crippen molar-refractivity contribution in [1.82, 2.24) is 0 Å². The summed E-state index contributed by atoms with van der Waals surface area (Å²) in [6.07, 6.45) is 3.57. The lowest BCUT2D eigenvalue weighted by atomic mass is 10.1. The van der Waals surface area contributed by atoms with Crippen LogP contribution in [0.25, 0.3) is 0 Å². The van der Waals surface area contributed by atoms with Gasteiger partial charge in [-0.3, -0.25) is 0 Å². The number of oxime groups is 1. The lowest BCUT2D eigenvalue weighted by Crippen LogP contribution is -2.10. The van der Waals surface area contributed by atoms with Crippen molar-refractivity contribution >= 4 is 11.7 Å². The predicted molar refractivity (Wildman–Crippen MR) is 48.1 cm³/mol. The van der Waals surface area contributed by atoms with Gasteiger partial charge in [-0.15, -0.1) is 0 Å². The molecule has 70 valence electrons. The van der Waals surface area contributed by atoms with Crippen molar-refractivity contribution in [1.29, 1.82) is 0 Å². The molecule has 4 nitrogen and oxygen atoms in total. The van der Waals surface area contributed by atoms with Crippen LogP contribution in [-0.2, 0) is 14.4 Å². The number of hydrogen-bond donors (Lipinski definition) is 0. The van der Waals surface area contributed by atoms with Crippen molar-refractivity contribution in [3.05, 3.63) is 23.5 Å². The molecule has 13 heavy (non-hydrogen) atoms. The van der Waals surface area contributed by atoms with E-state index in [4.69, 9.17) is 4.74 Å². The van der Waals surface area contributed by atoms with Crippen LogP contribution in [0.4, 0.5) is 0 Å². The smallest absolute Gasteiger partial charge is 0.366 e. The minimum atomic E-state index is -0.465. The van der Waals surface area contributed by atoms with Crippen molar-refractivity contribution in [2.75, 3.05) is 7.11 Å². The Balaban J connectivity index is 3.06. The van der Waals surface area contributed by atoms with Gasteiger partial charge in [-0.2, -0.15) is 0 Å². The van der Waals surface area contributed by atoms with Crippen molar-refractivity contribution in [2.24, 2.45) is 5.16 Å². The van der Waals surface area contributed by atoms with Gasteiger partial charge >= 0.3 is 5.97 Å². The van der Waals surface area contributed by atoms with Crippen LogP contribution in [0.3, 0.4) is 0 Å². The molecule has 0 atom stereocenters. The first kappa shape index (κ1) is 9.51. The zero-order valence-electron chi connectivity index (χ0n) is 7.83. The number of allylic oxidation sites excluding steroid dienone is 3. The first-order valence-corrected chi connectivity index (χ1v) is 3.88. The van der Waals surface area contributed by atoms with E-state index in [1.54, 1.807) is 13.0 Å². The number of rotatable bonds is 2. The zero-order chi connectivity index (χ0) is 9.84. The number of hydrogen-bond acceptors (Lipinski definition) is 4. The second-order valence-electron chi connectivity index (χ2n) is 2.48. The number of nitrogens with zero attached hydrogens (tertiary/aromatic N) is 1. The van der Waals surface area contributed by atoms with Crippen LogP contribution in [0.2, 0.25) is 0 Å². The Hall–Kier alpha value is -1.58. The summed E-state index contributed by atoms with van der Waals surface area (Å²) < 4.78 is 4.87. The van der Waals surface area contributed by atoms with Crippen molar-refractivity contribution in [3.8, 4) is 0 Å². The van der Waals surface area contributed by atoms with Gasteiger partial charge in [0.25, 0.3) is 0 Å². The molecule has 4 heteroatoms. The van der Waals surface area contributed by atoms with Crippen LogP contribution in [-0.4, -0.2) is 18.8 Å². The summed E-state index contributed by atoms with van der Waals surface area (Å²) in [7, 11) is 1.39. The molecular weight excluding hydrogens is 170 g/mol. The Bertz CT molecular complexity index is 313. The molecule has 0 aromatic carbocycles. The molecule has 0 saturated carbocycles. The molecule has 0 unspecified atom stereocenters. The fourth-order valence-corrected chi connectivity index (χ4v) is 1.06. The van der Waals surface area contributed by atoms with Gasteiger partial charge in [-0.25, -0.2) is 4.79 Å². The molecule has 0 amide bonds. The van der Waals surface area contributed by atoms with Crippen LogP contribution < -0.4 is 0 Å². The summed E-state index contributed by atoms with van der Waals surface area (Å²) in [4.78, 5) is 15.7. The maximum absolute atomic E-state index is 11.2. The van der Waals surface area contributed by atoms with E-state index in [2.05, 4.69) is 9.99 Å². The van der Waals surface area contributed by atoms with E-state index in [-0.39, 0.29) is 5.71 Å². The normalized spacial score (nSPS) is 20.2. The first-order valence-electron chi connectivity index (χ1n) is 3.88. The molecule has 0 fully saturated rings. The first-order chi connectivity index (χ1) is 6.20. The average molecular weight is 181 g/mol. The van der Waals surface area contributed by atoms with E-state index in [1.165, 1.54) is 7.11 Å². The molecule has 0 aromatic heterocycles. The Morgan fingerprint density at radius 2 is 2.23 bits per heavy atom. The van der Waals surface area contributed by atoms with Crippen LogP contribution in [0.1, 0.15) is 13.8 Å². The third kappa shape index (κ3) is 1.77. The van der Waals surface area contributed by atoms with Crippen molar-refractivity contribution in [2.45, 2.75) is 13.8 Å². The Morgan fingerprint density at radius 3 is 2.77 bits per heavy atom. The summed E-state index contributed by atoms with van der Waals surface area (Å²) in [5.41, 5.74) is 0.896. The van der Waals surface area contributed by atoms with E-state index in [0.717, 1.165) is 0 Å². The molecular formula is C9H11NO3. The monoisotopic (exact) mass is 181 g/mol. The number of ether oxygens (including phenoxy) is 1. The highest BCUT2D eigenvalue weighted by Gasteiger charge is 2.28. The second kappa shape index (κ2) is 3.89. The summed E-state index contributed by atoms with van der Waals surface area (Å²) in [5, 5.41) is 3.59. The summed E-state index contributed by atoms with van der Waals surface area (Å²) >= 11 is 0. The largest absolute Gasteiger partial charge is 0.426 e. The summed E-state index contributed by atoms with van der Waals surface area (Å²) in [5.74, 6) is 0.0892. The third-order valence-electron chi connectivity index (χ3n) is 1.59. The second-order valence-corrected chi connectivity index (χ2v) is 2.48. The maximum Gasteiger partial charge on any atom is 0.366 e. The predicted octanol–water partition coefficient (Wildman–Crippen LogP) is 1.40. The molecule has 0 N–H and O–H groups in total. The highest BCUT2D eigenvalue weighted by molar-refractivity contribution is 6.46. The average Bonchev–Trinajstić information content (AvgIpc) is 2.33. The standard InChI is InChI=1S/C9H11NO3/c1-4-5-7-6(2)13-9(11)8(7)10-12-3/h4-5H,1-3H3/b5-4-,10-8+. The van der Waals surface area contributed by atoms with Crippen LogP contribution in [0.15, 0.2) is 28.6 Å². The number of esters is 1. The highest BCUT2D eigenvalue weighted by Crippen LogP contribution is 2.19. The van der Waals surface area contributed by atoms with E-state index >= 15 is 0 Å². The summed E-state index contributed by atoms with van der Waals surface area (Å²) in [6, 6.07) is 0. The Labute approximate surface area is 76.5 Å².